The third-order valence-electron chi connectivity index (χ3n) is 1.76. The molecule has 5 nitrogen and oxygen atoms in total. The lowest BCUT2D eigenvalue weighted by molar-refractivity contribution is 0.539. The Morgan fingerprint density at radius 3 is 2.46 bits per heavy atom. The first-order chi connectivity index (χ1) is 5.97. The van der Waals surface area contributed by atoms with Crippen molar-refractivity contribution in [2.24, 2.45) is 5.73 Å². The molecule has 0 aromatic carbocycles. The van der Waals surface area contributed by atoms with Gasteiger partial charge in [-0.05, 0) is 13.3 Å². The van der Waals surface area contributed by atoms with Gasteiger partial charge in [-0.3, -0.25) is 0 Å². The first-order valence-corrected chi connectivity index (χ1v) is 5.63. The molecule has 2 unspecified atom stereocenters. The molecule has 13 heavy (non-hydrogen) atoms. The highest BCUT2D eigenvalue weighted by Gasteiger charge is 2.22. The van der Waals surface area contributed by atoms with E-state index >= 15 is 0 Å². The van der Waals surface area contributed by atoms with Crippen molar-refractivity contribution in [3.63, 3.8) is 0 Å². The van der Waals surface area contributed by atoms with E-state index in [9.17, 15) is 8.42 Å². The summed E-state index contributed by atoms with van der Waals surface area (Å²) in [6.45, 7) is 3.41. The fourth-order valence-electron chi connectivity index (χ4n) is 0.702. The lowest BCUT2D eigenvalue weighted by Gasteiger charge is -2.15. The summed E-state index contributed by atoms with van der Waals surface area (Å²) in [5.41, 5.74) is 5.32. The summed E-state index contributed by atoms with van der Waals surface area (Å²) >= 11 is 0. The van der Waals surface area contributed by atoms with Crippen molar-refractivity contribution in [3.05, 3.63) is 0 Å². The van der Waals surface area contributed by atoms with Crippen LogP contribution in [0, 0.1) is 11.3 Å². The van der Waals surface area contributed by atoms with Crippen molar-refractivity contribution in [2.75, 3.05) is 6.54 Å². The van der Waals surface area contributed by atoms with Crippen LogP contribution in [0.25, 0.3) is 0 Å². The molecule has 0 rings (SSSR count). The Balaban J connectivity index is 4.43. The van der Waals surface area contributed by atoms with Gasteiger partial charge in [0.25, 0.3) is 0 Å². The monoisotopic (exact) mass is 205 g/mol. The molecular formula is C7H15N3O2S. The quantitative estimate of drug-likeness (QED) is 0.635. The van der Waals surface area contributed by atoms with E-state index in [1.807, 2.05) is 6.92 Å². The largest absolute Gasteiger partial charge is 0.329 e. The fraction of sp³-hybridized carbons (Fsp3) is 0.857. The van der Waals surface area contributed by atoms with Crippen molar-refractivity contribution in [1.29, 1.82) is 5.26 Å². The van der Waals surface area contributed by atoms with Gasteiger partial charge < -0.3 is 5.73 Å². The molecule has 0 saturated carbocycles. The molecule has 0 aromatic rings. The second-order valence-corrected chi connectivity index (χ2v) is 4.81. The van der Waals surface area contributed by atoms with Crippen LogP contribution in [-0.2, 0) is 10.0 Å². The maximum atomic E-state index is 11.3. The second kappa shape index (κ2) is 5.17. The molecule has 0 bridgehead atoms. The van der Waals surface area contributed by atoms with Gasteiger partial charge in [0, 0.05) is 12.6 Å². The lowest BCUT2D eigenvalue weighted by atomic mass is 10.2. The van der Waals surface area contributed by atoms with Crippen LogP contribution in [0.1, 0.15) is 20.3 Å². The van der Waals surface area contributed by atoms with Crippen LogP contribution in [-0.4, -0.2) is 26.3 Å². The second-order valence-electron chi connectivity index (χ2n) is 2.78. The molecular weight excluding hydrogens is 190 g/mol. The predicted molar refractivity (Wildman–Crippen MR) is 50.3 cm³/mol. The Bertz CT molecular complexity index is 277. The lowest BCUT2D eigenvalue weighted by Crippen LogP contribution is -2.43. The number of nitrogens with zero attached hydrogens (tertiary/aromatic N) is 1. The minimum Gasteiger partial charge on any atom is -0.329 e. The maximum absolute atomic E-state index is 11.3. The van der Waals surface area contributed by atoms with E-state index in [2.05, 4.69) is 4.72 Å². The highest BCUT2D eigenvalue weighted by molar-refractivity contribution is 7.90. The summed E-state index contributed by atoms with van der Waals surface area (Å²) < 4.78 is 25.0. The summed E-state index contributed by atoms with van der Waals surface area (Å²) in [4.78, 5) is 0. The van der Waals surface area contributed by atoms with E-state index in [1.165, 1.54) is 6.92 Å². The molecule has 0 amide bonds. The van der Waals surface area contributed by atoms with Gasteiger partial charge in [-0.2, -0.15) is 5.26 Å². The Morgan fingerprint density at radius 2 is 2.15 bits per heavy atom. The average molecular weight is 205 g/mol. The smallest absolute Gasteiger partial charge is 0.227 e. The number of hydrogen-bond acceptors (Lipinski definition) is 4. The molecule has 0 fully saturated rings. The van der Waals surface area contributed by atoms with Gasteiger partial charge in [-0.15, -0.1) is 0 Å². The highest BCUT2D eigenvalue weighted by Crippen LogP contribution is 1.99. The highest BCUT2D eigenvalue weighted by atomic mass is 32.2. The van der Waals surface area contributed by atoms with E-state index < -0.39 is 15.3 Å². The van der Waals surface area contributed by atoms with Crippen LogP contribution in [0.5, 0.6) is 0 Å². The van der Waals surface area contributed by atoms with Crippen molar-refractivity contribution < 1.29 is 8.42 Å². The summed E-state index contributed by atoms with van der Waals surface area (Å²) in [7, 11) is -3.52. The molecule has 0 aliphatic carbocycles. The molecule has 76 valence electrons. The summed E-state index contributed by atoms with van der Waals surface area (Å²) in [5, 5.41) is 7.39. The maximum Gasteiger partial charge on any atom is 0.227 e. The molecule has 6 heteroatoms. The van der Waals surface area contributed by atoms with Crippen molar-refractivity contribution in [2.45, 2.75) is 31.6 Å². The molecule has 0 aromatic heterocycles. The number of sulfonamides is 1. The van der Waals surface area contributed by atoms with Gasteiger partial charge in [-0.1, -0.05) is 6.92 Å². The fourth-order valence-corrected chi connectivity index (χ4v) is 1.77. The average Bonchev–Trinajstić information content (AvgIpc) is 2.12. The molecule has 2 atom stereocenters. The van der Waals surface area contributed by atoms with E-state index in [0.717, 1.165) is 0 Å². The molecule has 0 spiro atoms. The van der Waals surface area contributed by atoms with Crippen LogP contribution in [0.3, 0.4) is 0 Å². The molecule has 0 heterocycles. The normalized spacial score (nSPS) is 16.2. The molecule has 0 saturated heterocycles. The number of nitrogens with two attached hydrogens (primary N) is 1. The zero-order valence-electron chi connectivity index (χ0n) is 7.82. The van der Waals surface area contributed by atoms with E-state index in [-0.39, 0.29) is 12.6 Å². The standard InChI is InChI=1S/C7H15N3O2S/c1-3-7(5-9)10-13(11,12)6(2)4-8/h6-7,10H,3,5,9H2,1-2H3. The third kappa shape index (κ3) is 3.72. The van der Waals surface area contributed by atoms with E-state index in [1.54, 1.807) is 6.07 Å². The number of rotatable bonds is 5. The Hall–Kier alpha value is -0.640. The van der Waals surface area contributed by atoms with Crippen molar-refractivity contribution >= 4 is 10.0 Å². The predicted octanol–water partition coefficient (Wildman–Crippen LogP) is -0.445. The van der Waals surface area contributed by atoms with Gasteiger partial charge in [0.2, 0.25) is 10.0 Å². The first-order valence-electron chi connectivity index (χ1n) is 4.08. The van der Waals surface area contributed by atoms with Crippen LogP contribution < -0.4 is 10.5 Å². The summed E-state index contributed by atoms with van der Waals surface area (Å²) in [6, 6.07) is 1.39. The minimum atomic E-state index is -3.52. The molecule has 3 N–H and O–H groups in total. The van der Waals surface area contributed by atoms with Crippen LogP contribution in [0.2, 0.25) is 0 Å². The topological polar surface area (TPSA) is 96.0 Å². The van der Waals surface area contributed by atoms with Crippen LogP contribution in [0.4, 0.5) is 0 Å². The Labute approximate surface area is 79.0 Å². The van der Waals surface area contributed by atoms with Crippen molar-refractivity contribution in [1.82, 2.24) is 4.72 Å². The van der Waals surface area contributed by atoms with Crippen LogP contribution in [0.15, 0.2) is 0 Å². The number of nitriles is 1. The molecule has 0 radical (unpaired) electrons. The van der Waals surface area contributed by atoms with Gasteiger partial charge in [0.05, 0.1) is 6.07 Å². The zero-order chi connectivity index (χ0) is 10.5. The number of nitrogens with one attached hydrogen (secondary N) is 1. The molecule has 0 aliphatic heterocycles. The Morgan fingerprint density at radius 1 is 1.62 bits per heavy atom. The van der Waals surface area contributed by atoms with E-state index in [0.29, 0.717) is 6.42 Å². The van der Waals surface area contributed by atoms with Crippen molar-refractivity contribution in [3.8, 4) is 6.07 Å². The summed E-state index contributed by atoms with van der Waals surface area (Å²) in [5.74, 6) is 0. The summed E-state index contributed by atoms with van der Waals surface area (Å²) in [6.07, 6.45) is 0.619. The third-order valence-corrected chi connectivity index (χ3v) is 3.45. The van der Waals surface area contributed by atoms with Gasteiger partial charge in [0.1, 0.15) is 0 Å². The zero-order valence-corrected chi connectivity index (χ0v) is 8.63. The van der Waals surface area contributed by atoms with Gasteiger partial charge in [-0.25, -0.2) is 13.1 Å². The first kappa shape index (κ1) is 12.4. The van der Waals surface area contributed by atoms with Gasteiger partial charge >= 0.3 is 0 Å². The van der Waals surface area contributed by atoms with Gasteiger partial charge in [0.15, 0.2) is 5.25 Å². The van der Waals surface area contributed by atoms with E-state index in [4.69, 9.17) is 11.0 Å². The SMILES string of the molecule is CCC(CN)NS(=O)(=O)C(C)C#N. The van der Waals surface area contributed by atoms with Crippen LogP contribution >= 0.6 is 0 Å². The Kier molecular flexibility index (Phi) is 4.91. The number of hydrogen-bond donors (Lipinski definition) is 2. The molecule has 0 aliphatic rings. The minimum absolute atomic E-state index is 0.244.